The molecule has 1 fully saturated rings. The van der Waals surface area contributed by atoms with E-state index >= 15 is 0 Å². The lowest BCUT2D eigenvalue weighted by atomic mass is 10.2. The van der Waals surface area contributed by atoms with Crippen molar-refractivity contribution in [3.8, 4) is 0 Å². The van der Waals surface area contributed by atoms with Crippen molar-refractivity contribution in [3.63, 3.8) is 0 Å². The van der Waals surface area contributed by atoms with E-state index in [0.717, 1.165) is 35.0 Å². The SMILES string of the molecule is Cc1sc2ncnc(N3CCC(CBr)C3)c2c1C. The molecule has 3 rings (SSSR count). The Morgan fingerprint density at radius 1 is 1.44 bits per heavy atom. The Morgan fingerprint density at radius 3 is 3.00 bits per heavy atom. The molecule has 1 saturated heterocycles. The number of thiophene rings is 1. The van der Waals surface area contributed by atoms with Crippen molar-refractivity contribution in [2.24, 2.45) is 5.92 Å². The zero-order chi connectivity index (χ0) is 12.7. The van der Waals surface area contributed by atoms with Gasteiger partial charge in [-0.05, 0) is 31.7 Å². The number of halogens is 1. The lowest BCUT2D eigenvalue weighted by molar-refractivity contribution is 0.675. The summed E-state index contributed by atoms with van der Waals surface area (Å²) in [6.45, 7) is 6.55. The molecule has 1 aliphatic heterocycles. The highest BCUT2D eigenvalue weighted by molar-refractivity contribution is 9.09. The molecule has 5 heteroatoms. The lowest BCUT2D eigenvalue weighted by Gasteiger charge is -2.18. The number of fused-ring (bicyclic) bond motifs is 1. The Morgan fingerprint density at radius 2 is 2.28 bits per heavy atom. The minimum atomic E-state index is 0.745. The van der Waals surface area contributed by atoms with Gasteiger partial charge in [0.1, 0.15) is 17.0 Å². The molecule has 1 atom stereocenters. The van der Waals surface area contributed by atoms with Crippen molar-refractivity contribution >= 4 is 43.3 Å². The van der Waals surface area contributed by atoms with Crippen molar-refractivity contribution < 1.29 is 0 Å². The first-order valence-electron chi connectivity index (χ1n) is 6.22. The summed E-state index contributed by atoms with van der Waals surface area (Å²) in [6.07, 6.45) is 2.95. The molecule has 3 heterocycles. The fourth-order valence-corrected chi connectivity index (χ4v) is 4.07. The second-order valence-electron chi connectivity index (χ2n) is 4.92. The molecule has 18 heavy (non-hydrogen) atoms. The van der Waals surface area contributed by atoms with E-state index < -0.39 is 0 Å². The predicted molar refractivity (Wildman–Crippen MR) is 81.0 cm³/mol. The smallest absolute Gasteiger partial charge is 0.141 e. The van der Waals surface area contributed by atoms with Crippen LogP contribution in [-0.2, 0) is 0 Å². The first-order valence-corrected chi connectivity index (χ1v) is 8.16. The maximum absolute atomic E-state index is 4.54. The second kappa shape index (κ2) is 4.78. The molecule has 0 radical (unpaired) electrons. The molecule has 0 aromatic carbocycles. The number of hydrogen-bond acceptors (Lipinski definition) is 4. The van der Waals surface area contributed by atoms with E-state index in [2.05, 4.69) is 44.6 Å². The number of alkyl halides is 1. The number of anilines is 1. The maximum Gasteiger partial charge on any atom is 0.141 e. The fraction of sp³-hybridized carbons (Fsp3) is 0.538. The highest BCUT2D eigenvalue weighted by Crippen LogP contribution is 2.36. The van der Waals surface area contributed by atoms with Gasteiger partial charge in [0, 0.05) is 23.3 Å². The van der Waals surface area contributed by atoms with Crippen LogP contribution in [-0.4, -0.2) is 28.4 Å². The molecular formula is C13H16BrN3S. The Hall–Kier alpha value is -0.680. The molecule has 3 nitrogen and oxygen atoms in total. The van der Waals surface area contributed by atoms with Gasteiger partial charge in [-0.3, -0.25) is 0 Å². The zero-order valence-electron chi connectivity index (χ0n) is 10.6. The topological polar surface area (TPSA) is 29.0 Å². The van der Waals surface area contributed by atoms with Gasteiger partial charge in [-0.2, -0.15) is 0 Å². The molecule has 0 spiro atoms. The summed E-state index contributed by atoms with van der Waals surface area (Å²) >= 11 is 5.36. The summed E-state index contributed by atoms with van der Waals surface area (Å²) in [5, 5.41) is 2.34. The van der Waals surface area contributed by atoms with Gasteiger partial charge in [0.05, 0.1) is 5.39 Å². The van der Waals surface area contributed by atoms with Crippen LogP contribution >= 0.6 is 27.3 Å². The van der Waals surface area contributed by atoms with Crippen LogP contribution in [0.25, 0.3) is 10.2 Å². The number of nitrogens with zero attached hydrogens (tertiary/aromatic N) is 3. The third-order valence-corrected chi connectivity index (χ3v) is 5.78. The number of aryl methyl sites for hydroxylation is 2. The molecule has 2 aromatic rings. The third kappa shape index (κ3) is 1.93. The molecule has 0 bridgehead atoms. The van der Waals surface area contributed by atoms with Crippen LogP contribution < -0.4 is 4.90 Å². The van der Waals surface area contributed by atoms with Gasteiger partial charge in [0.2, 0.25) is 0 Å². The Balaban J connectivity index is 2.07. The zero-order valence-corrected chi connectivity index (χ0v) is 13.0. The van der Waals surface area contributed by atoms with Crippen LogP contribution in [0, 0.1) is 19.8 Å². The van der Waals surface area contributed by atoms with Gasteiger partial charge in [0.25, 0.3) is 0 Å². The van der Waals surface area contributed by atoms with E-state index in [1.807, 2.05) is 0 Å². The normalized spacial score (nSPS) is 19.9. The first-order chi connectivity index (χ1) is 8.70. The molecule has 0 N–H and O–H groups in total. The van der Waals surface area contributed by atoms with Crippen molar-refractivity contribution in [3.05, 3.63) is 16.8 Å². The largest absolute Gasteiger partial charge is 0.356 e. The van der Waals surface area contributed by atoms with Crippen LogP contribution in [0.2, 0.25) is 0 Å². The third-order valence-electron chi connectivity index (χ3n) is 3.75. The molecule has 2 aromatic heterocycles. The summed E-state index contributed by atoms with van der Waals surface area (Å²) in [5.74, 6) is 1.88. The molecule has 0 amide bonds. The minimum Gasteiger partial charge on any atom is -0.356 e. The van der Waals surface area contributed by atoms with Crippen LogP contribution in [0.5, 0.6) is 0 Å². The van der Waals surface area contributed by atoms with E-state index in [0.29, 0.717) is 0 Å². The summed E-state index contributed by atoms with van der Waals surface area (Å²) in [4.78, 5) is 13.8. The minimum absolute atomic E-state index is 0.745. The van der Waals surface area contributed by atoms with E-state index in [1.165, 1.54) is 22.2 Å². The first kappa shape index (κ1) is 12.4. The van der Waals surface area contributed by atoms with Crippen molar-refractivity contribution in [1.29, 1.82) is 0 Å². The number of hydrogen-bond donors (Lipinski definition) is 0. The Bertz CT molecular complexity index is 581. The monoisotopic (exact) mass is 325 g/mol. The highest BCUT2D eigenvalue weighted by atomic mass is 79.9. The predicted octanol–water partition coefficient (Wildman–Crippen LogP) is 3.53. The van der Waals surface area contributed by atoms with Crippen molar-refractivity contribution in [2.45, 2.75) is 20.3 Å². The standard InChI is InChI=1S/C13H16BrN3S/c1-8-9(2)18-13-11(8)12(15-7-16-13)17-4-3-10(5-14)6-17/h7,10H,3-6H2,1-2H3. The quantitative estimate of drug-likeness (QED) is 0.791. The Kier molecular flexibility index (Phi) is 3.28. The van der Waals surface area contributed by atoms with Gasteiger partial charge >= 0.3 is 0 Å². The van der Waals surface area contributed by atoms with Crippen molar-refractivity contribution in [2.75, 3.05) is 23.3 Å². The molecule has 0 saturated carbocycles. The maximum atomic E-state index is 4.54. The van der Waals surface area contributed by atoms with Gasteiger partial charge in [0.15, 0.2) is 0 Å². The molecule has 96 valence electrons. The van der Waals surface area contributed by atoms with E-state index in [9.17, 15) is 0 Å². The lowest BCUT2D eigenvalue weighted by Crippen LogP contribution is -2.21. The summed E-state index contributed by atoms with van der Waals surface area (Å²) in [7, 11) is 0. The van der Waals surface area contributed by atoms with Crippen LogP contribution in [0.3, 0.4) is 0 Å². The molecule has 1 aliphatic rings. The van der Waals surface area contributed by atoms with Gasteiger partial charge in [-0.15, -0.1) is 11.3 Å². The number of rotatable bonds is 2. The summed E-state index contributed by atoms with van der Waals surface area (Å²) in [6, 6.07) is 0. The second-order valence-corrected chi connectivity index (χ2v) is 6.77. The molecule has 1 unspecified atom stereocenters. The average Bonchev–Trinajstić information content (AvgIpc) is 2.95. The summed E-state index contributed by atoms with van der Waals surface area (Å²) < 4.78 is 0. The molecular weight excluding hydrogens is 310 g/mol. The van der Waals surface area contributed by atoms with E-state index in [4.69, 9.17) is 0 Å². The van der Waals surface area contributed by atoms with Gasteiger partial charge in [-0.25, -0.2) is 9.97 Å². The average molecular weight is 326 g/mol. The van der Waals surface area contributed by atoms with E-state index in [1.54, 1.807) is 17.7 Å². The van der Waals surface area contributed by atoms with Gasteiger partial charge in [-0.1, -0.05) is 15.9 Å². The number of aromatic nitrogens is 2. The van der Waals surface area contributed by atoms with Crippen LogP contribution in [0.15, 0.2) is 6.33 Å². The molecule has 0 aliphatic carbocycles. The van der Waals surface area contributed by atoms with Crippen LogP contribution in [0.4, 0.5) is 5.82 Å². The van der Waals surface area contributed by atoms with E-state index in [-0.39, 0.29) is 0 Å². The highest BCUT2D eigenvalue weighted by Gasteiger charge is 2.25. The Labute approximate surface area is 119 Å². The fourth-order valence-electron chi connectivity index (χ4n) is 2.55. The van der Waals surface area contributed by atoms with Crippen molar-refractivity contribution in [1.82, 2.24) is 9.97 Å². The van der Waals surface area contributed by atoms with Crippen LogP contribution in [0.1, 0.15) is 16.9 Å². The van der Waals surface area contributed by atoms with Gasteiger partial charge < -0.3 is 4.90 Å². The summed E-state index contributed by atoms with van der Waals surface area (Å²) in [5.41, 5.74) is 1.34.